The zero-order valence-electron chi connectivity index (χ0n) is 34.9. The summed E-state index contributed by atoms with van der Waals surface area (Å²) in [7, 11) is 1.76. The molecular formula is C44H47ClF2N10O4. The highest BCUT2D eigenvalue weighted by molar-refractivity contribution is 6.31. The molecule has 1 fully saturated rings. The predicted molar refractivity (Wildman–Crippen MR) is 223 cm³/mol. The summed E-state index contributed by atoms with van der Waals surface area (Å²) in [4.78, 5) is 38.4. The molecule has 0 spiro atoms. The van der Waals surface area contributed by atoms with Crippen LogP contribution < -0.4 is 19.7 Å². The number of carbonyl (C=O) groups is 2. The number of aromatic nitrogens is 6. The second kappa shape index (κ2) is 16.1. The van der Waals surface area contributed by atoms with Crippen LogP contribution in [0.15, 0.2) is 55.1 Å². The van der Waals surface area contributed by atoms with E-state index in [-0.39, 0.29) is 47.7 Å². The zero-order chi connectivity index (χ0) is 43.4. The van der Waals surface area contributed by atoms with Crippen LogP contribution in [0.4, 0.5) is 20.3 Å². The number of anilines is 2. The van der Waals surface area contributed by atoms with E-state index in [4.69, 9.17) is 26.2 Å². The Morgan fingerprint density at radius 3 is 2.48 bits per heavy atom. The van der Waals surface area contributed by atoms with Gasteiger partial charge in [-0.2, -0.15) is 15.5 Å². The molecule has 1 aliphatic carbocycles. The van der Waals surface area contributed by atoms with E-state index in [0.717, 1.165) is 29.7 Å². The summed E-state index contributed by atoms with van der Waals surface area (Å²) in [6.45, 7) is 11.6. The summed E-state index contributed by atoms with van der Waals surface area (Å²) < 4.78 is 45.0. The van der Waals surface area contributed by atoms with E-state index in [0.29, 0.717) is 71.6 Å². The third-order valence-electron chi connectivity index (χ3n) is 12.3. The maximum Gasteiger partial charge on any atom is 0.316 e. The van der Waals surface area contributed by atoms with Crippen LogP contribution in [0.3, 0.4) is 0 Å². The van der Waals surface area contributed by atoms with Crippen molar-refractivity contribution in [3.05, 3.63) is 93.7 Å². The molecule has 2 aliphatic heterocycles. The van der Waals surface area contributed by atoms with Gasteiger partial charge in [0.15, 0.2) is 5.82 Å². The van der Waals surface area contributed by atoms with Crippen molar-refractivity contribution in [1.82, 2.24) is 39.7 Å². The Bertz CT molecular complexity index is 2530. The summed E-state index contributed by atoms with van der Waals surface area (Å²) in [5, 5.41) is 21.9. The first-order chi connectivity index (χ1) is 29.1. The highest BCUT2D eigenvalue weighted by atomic mass is 35.5. The molecule has 0 radical (unpaired) electrons. The minimum atomic E-state index is -2.70. The number of rotatable bonds is 11. The molecule has 5 aromatic rings. The number of amides is 2. The number of hydrogen-bond acceptors (Lipinski definition) is 10. The fourth-order valence-corrected chi connectivity index (χ4v) is 9.76. The first kappa shape index (κ1) is 41.6. The topological polar surface area (TPSA) is 156 Å². The SMILES string of the molecule is CC(=O)N1CCc2c(c(N3CCCc4cc(-c5cnn(C)c5)c(C(F)F)cc43)nn2CCOc2ncc(C(=O)NC3C(C)(C)C(Oc4ccc(C#N)c(Cl)c4)C3(C)C)cn2)C1. The van der Waals surface area contributed by atoms with Crippen molar-refractivity contribution in [2.75, 3.05) is 24.6 Å². The first-order valence-corrected chi connectivity index (χ1v) is 20.6. The lowest BCUT2D eigenvalue weighted by Gasteiger charge is -2.63. The molecule has 8 rings (SSSR count). The Hall–Kier alpha value is -6.08. The van der Waals surface area contributed by atoms with Crippen LogP contribution in [0.25, 0.3) is 11.1 Å². The van der Waals surface area contributed by atoms with Gasteiger partial charge in [0, 0.05) is 103 Å². The predicted octanol–water partition coefficient (Wildman–Crippen LogP) is 7.22. The molecule has 0 unspecified atom stereocenters. The van der Waals surface area contributed by atoms with Crippen molar-refractivity contribution in [3.8, 4) is 29.0 Å². The van der Waals surface area contributed by atoms with Crippen molar-refractivity contribution < 1.29 is 27.8 Å². The normalized spacial score (nSPS) is 18.8. The van der Waals surface area contributed by atoms with Gasteiger partial charge in [-0.25, -0.2) is 18.7 Å². The monoisotopic (exact) mass is 852 g/mol. The van der Waals surface area contributed by atoms with Crippen molar-refractivity contribution in [2.45, 2.75) is 85.5 Å². The number of nitrogens with one attached hydrogen (secondary N) is 1. The second-order valence-electron chi connectivity index (χ2n) is 17.1. The molecule has 61 heavy (non-hydrogen) atoms. The van der Waals surface area contributed by atoms with Gasteiger partial charge in [-0.1, -0.05) is 39.3 Å². The van der Waals surface area contributed by atoms with Gasteiger partial charge in [0.2, 0.25) is 5.91 Å². The van der Waals surface area contributed by atoms with E-state index in [9.17, 15) is 23.6 Å². The standard InChI is InChI=1S/C44H47ClF2N10O4/c1-25(58)55-13-11-35-33(24-55)38(56-12-7-8-26-16-31(29-22-51-54(6)23-29)32(37(46)47)18-36(26)56)53-57(35)14-15-60-42-49-20-28(21-50-42)39(59)52-40-43(2,3)41(44(40,4)5)61-30-10-9-27(19-48)34(45)17-30/h9-10,16-18,20-23,37,40-41H,7-8,11-15,24H2,1-6H3,(H,52,59). The van der Waals surface area contributed by atoms with Gasteiger partial charge in [0.1, 0.15) is 24.5 Å². The molecule has 17 heteroatoms. The van der Waals surface area contributed by atoms with Crippen LogP contribution >= 0.6 is 11.6 Å². The third kappa shape index (κ3) is 7.75. The number of carbonyl (C=O) groups excluding carboxylic acids is 2. The number of alkyl halides is 2. The largest absolute Gasteiger partial charge is 0.489 e. The minimum absolute atomic E-state index is 0.0501. The molecule has 0 saturated heterocycles. The summed E-state index contributed by atoms with van der Waals surface area (Å²) in [6.07, 6.45) is 5.31. The van der Waals surface area contributed by atoms with Crippen LogP contribution in [0.2, 0.25) is 5.02 Å². The second-order valence-corrected chi connectivity index (χ2v) is 17.5. The summed E-state index contributed by atoms with van der Waals surface area (Å²) in [5.74, 6) is 0.801. The zero-order valence-corrected chi connectivity index (χ0v) is 35.6. The Morgan fingerprint density at radius 2 is 1.82 bits per heavy atom. The van der Waals surface area contributed by atoms with E-state index in [1.165, 1.54) is 12.4 Å². The van der Waals surface area contributed by atoms with Crippen LogP contribution in [0, 0.1) is 22.2 Å². The van der Waals surface area contributed by atoms with Gasteiger partial charge in [-0.05, 0) is 48.2 Å². The van der Waals surface area contributed by atoms with Gasteiger partial charge in [0.05, 0.1) is 35.4 Å². The van der Waals surface area contributed by atoms with Gasteiger partial charge >= 0.3 is 6.01 Å². The molecule has 1 saturated carbocycles. The summed E-state index contributed by atoms with van der Waals surface area (Å²) in [5.41, 5.74) is 4.22. The number of nitrogens with zero attached hydrogens (tertiary/aromatic N) is 9. The van der Waals surface area contributed by atoms with Crippen LogP contribution in [0.1, 0.15) is 85.8 Å². The Morgan fingerprint density at radius 1 is 1.07 bits per heavy atom. The van der Waals surface area contributed by atoms with Crippen molar-refractivity contribution in [1.29, 1.82) is 5.26 Å². The average Bonchev–Trinajstić information content (AvgIpc) is 3.84. The number of benzene rings is 2. The number of ether oxygens (including phenoxy) is 2. The van der Waals surface area contributed by atoms with Gasteiger partial charge < -0.3 is 24.6 Å². The van der Waals surface area contributed by atoms with E-state index < -0.39 is 17.3 Å². The lowest BCUT2D eigenvalue weighted by molar-refractivity contribution is -0.164. The highest BCUT2D eigenvalue weighted by Gasteiger charge is 2.64. The van der Waals surface area contributed by atoms with Crippen molar-refractivity contribution >= 4 is 34.9 Å². The fraction of sp³-hybridized carbons (Fsp3) is 0.432. The molecule has 1 N–H and O–H groups in total. The summed E-state index contributed by atoms with van der Waals surface area (Å²) >= 11 is 6.24. The minimum Gasteiger partial charge on any atom is -0.489 e. The number of fused-ring (bicyclic) bond motifs is 2. The Balaban J connectivity index is 0.953. The highest BCUT2D eigenvalue weighted by Crippen LogP contribution is 2.55. The molecule has 5 heterocycles. The molecule has 0 bridgehead atoms. The first-order valence-electron chi connectivity index (χ1n) is 20.2. The smallest absolute Gasteiger partial charge is 0.316 e. The van der Waals surface area contributed by atoms with Crippen LogP contribution in [-0.2, 0) is 37.8 Å². The quantitative estimate of drug-likeness (QED) is 0.144. The molecule has 14 nitrogen and oxygen atoms in total. The maximum atomic E-state index is 14.6. The molecule has 2 amide bonds. The average molecular weight is 853 g/mol. The molecule has 3 aromatic heterocycles. The van der Waals surface area contributed by atoms with E-state index in [2.05, 4.69) is 26.5 Å². The maximum absolute atomic E-state index is 14.6. The molecular weight excluding hydrogens is 806 g/mol. The number of aryl methyl sites for hydroxylation is 2. The van der Waals surface area contributed by atoms with Crippen LogP contribution in [-0.4, -0.2) is 78.1 Å². The Kier molecular flexibility index (Phi) is 11.0. The fourth-order valence-electron chi connectivity index (χ4n) is 9.54. The molecule has 3 aliphatic rings. The van der Waals surface area contributed by atoms with E-state index in [1.54, 1.807) is 60.2 Å². The molecule has 0 atom stereocenters. The lowest BCUT2D eigenvalue weighted by Crippen LogP contribution is -2.74. The van der Waals surface area contributed by atoms with Gasteiger partial charge in [-0.3, -0.25) is 19.0 Å². The van der Waals surface area contributed by atoms with Crippen molar-refractivity contribution in [2.24, 2.45) is 17.9 Å². The number of nitriles is 1. The van der Waals surface area contributed by atoms with Gasteiger partial charge in [-0.15, -0.1) is 0 Å². The number of halogens is 3. The Labute approximate surface area is 357 Å². The van der Waals surface area contributed by atoms with Crippen molar-refractivity contribution in [3.63, 3.8) is 0 Å². The van der Waals surface area contributed by atoms with Gasteiger partial charge in [0.25, 0.3) is 12.3 Å². The molecule has 2 aromatic carbocycles. The third-order valence-corrected chi connectivity index (χ3v) is 12.6. The van der Waals surface area contributed by atoms with E-state index in [1.807, 2.05) is 43.3 Å². The molecule has 318 valence electrons. The summed E-state index contributed by atoms with van der Waals surface area (Å²) in [6, 6.07) is 10.3. The van der Waals surface area contributed by atoms with Crippen LogP contribution in [0.5, 0.6) is 11.8 Å². The number of hydrogen-bond donors (Lipinski definition) is 1. The lowest BCUT2D eigenvalue weighted by atomic mass is 9.49. The van der Waals surface area contributed by atoms with E-state index >= 15 is 0 Å².